The van der Waals surface area contributed by atoms with E-state index in [1.807, 2.05) is 36.4 Å². The van der Waals surface area contributed by atoms with Crippen LogP contribution in [0.1, 0.15) is 15.9 Å². The molecule has 0 heterocycles. The van der Waals surface area contributed by atoms with Gasteiger partial charge in [-0.25, -0.2) is 4.79 Å². The predicted molar refractivity (Wildman–Crippen MR) is 138 cm³/mol. The van der Waals surface area contributed by atoms with Gasteiger partial charge in [-0.05, 0) is 64.9 Å². The van der Waals surface area contributed by atoms with Gasteiger partial charge in [-0.3, -0.25) is 4.79 Å². The van der Waals surface area contributed by atoms with Crippen molar-refractivity contribution in [1.82, 2.24) is 0 Å². The number of hydrogen-bond donors (Lipinski definition) is 1. The first kappa shape index (κ1) is 23.7. The Morgan fingerprint density at radius 1 is 0.943 bits per heavy atom. The third-order valence-electron chi connectivity index (χ3n) is 5.18. The minimum Gasteiger partial charge on any atom is -0.493 e. The standard InChI is InChI=1S/C28H19BrN2O4/c1-34-26-16-18(15-20(17-30)27(32)31-22-12-10-21(29)11-13-22)9-14-25(26)35-28(33)24-8-4-6-19-5-2-3-7-23(19)24/h2-16H,1H3,(H,31,32)/b20-15+. The molecule has 0 saturated carbocycles. The van der Waals surface area contributed by atoms with Crippen LogP contribution >= 0.6 is 15.9 Å². The molecule has 0 fully saturated rings. The van der Waals surface area contributed by atoms with Gasteiger partial charge in [0.15, 0.2) is 11.5 Å². The summed E-state index contributed by atoms with van der Waals surface area (Å²) in [4.78, 5) is 25.5. The Bertz CT molecular complexity index is 1480. The van der Waals surface area contributed by atoms with Crippen LogP contribution in [-0.4, -0.2) is 19.0 Å². The molecule has 0 aliphatic heterocycles. The number of fused-ring (bicyclic) bond motifs is 1. The molecule has 1 amide bonds. The molecular formula is C28H19BrN2O4. The zero-order valence-electron chi connectivity index (χ0n) is 18.6. The predicted octanol–water partition coefficient (Wildman–Crippen LogP) is 6.38. The molecule has 1 N–H and O–H groups in total. The number of nitrogens with zero attached hydrogens (tertiary/aromatic N) is 1. The van der Waals surface area contributed by atoms with Crippen molar-refractivity contribution in [2.24, 2.45) is 0 Å². The number of hydrogen-bond acceptors (Lipinski definition) is 5. The summed E-state index contributed by atoms with van der Waals surface area (Å²) < 4.78 is 11.9. The molecule has 0 aliphatic carbocycles. The van der Waals surface area contributed by atoms with E-state index in [1.165, 1.54) is 13.2 Å². The van der Waals surface area contributed by atoms with E-state index in [9.17, 15) is 14.9 Å². The van der Waals surface area contributed by atoms with Crippen molar-refractivity contribution in [3.8, 4) is 17.6 Å². The van der Waals surface area contributed by atoms with Crippen LogP contribution in [0.15, 0.2) is 95.0 Å². The van der Waals surface area contributed by atoms with Gasteiger partial charge in [-0.2, -0.15) is 5.26 Å². The highest BCUT2D eigenvalue weighted by atomic mass is 79.9. The Morgan fingerprint density at radius 2 is 1.69 bits per heavy atom. The van der Waals surface area contributed by atoms with Crippen molar-refractivity contribution in [2.75, 3.05) is 12.4 Å². The van der Waals surface area contributed by atoms with Crippen molar-refractivity contribution in [3.63, 3.8) is 0 Å². The number of amides is 1. The minimum atomic E-state index is -0.541. The summed E-state index contributed by atoms with van der Waals surface area (Å²) in [7, 11) is 1.45. The number of rotatable bonds is 6. The van der Waals surface area contributed by atoms with Crippen LogP contribution in [0.5, 0.6) is 11.5 Å². The van der Waals surface area contributed by atoms with E-state index >= 15 is 0 Å². The quantitative estimate of drug-likeness (QED) is 0.136. The van der Waals surface area contributed by atoms with Crippen LogP contribution in [0.2, 0.25) is 0 Å². The van der Waals surface area contributed by atoms with Gasteiger partial charge in [-0.15, -0.1) is 0 Å². The summed E-state index contributed by atoms with van der Waals surface area (Å²) in [6.45, 7) is 0. The number of benzene rings is 4. The van der Waals surface area contributed by atoms with Gasteiger partial charge < -0.3 is 14.8 Å². The van der Waals surface area contributed by atoms with Crippen LogP contribution in [-0.2, 0) is 4.79 Å². The lowest BCUT2D eigenvalue weighted by atomic mass is 10.0. The number of esters is 1. The molecular weight excluding hydrogens is 508 g/mol. The number of carbonyl (C=O) groups excluding carboxylic acids is 2. The summed E-state index contributed by atoms with van der Waals surface area (Å²) in [5.41, 5.74) is 1.45. The van der Waals surface area contributed by atoms with Gasteiger partial charge in [-0.1, -0.05) is 58.4 Å². The first-order chi connectivity index (χ1) is 17.0. The lowest BCUT2D eigenvalue weighted by molar-refractivity contribution is -0.112. The molecule has 0 bridgehead atoms. The van der Waals surface area contributed by atoms with E-state index in [-0.39, 0.29) is 17.1 Å². The molecule has 0 unspecified atom stereocenters. The van der Waals surface area contributed by atoms with Crippen LogP contribution in [0.25, 0.3) is 16.8 Å². The molecule has 172 valence electrons. The van der Waals surface area contributed by atoms with Crippen molar-refractivity contribution in [2.45, 2.75) is 0 Å². The smallest absolute Gasteiger partial charge is 0.344 e. The summed E-state index contributed by atoms with van der Waals surface area (Å²) in [6, 6.07) is 26.7. The number of carbonyl (C=O) groups is 2. The highest BCUT2D eigenvalue weighted by molar-refractivity contribution is 9.10. The number of ether oxygens (including phenoxy) is 2. The van der Waals surface area contributed by atoms with Gasteiger partial charge in [0.05, 0.1) is 12.7 Å². The highest BCUT2D eigenvalue weighted by Crippen LogP contribution is 2.30. The summed E-state index contributed by atoms with van der Waals surface area (Å²) in [5.74, 6) is -0.548. The molecule has 0 radical (unpaired) electrons. The van der Waals surface area contributed by atoms with Gasteiger partial charge in [0.1, 0.15) is 11.6 Å². The third kappa shape index (κ3) is 5.57. The zero-order chi connectivity index (χ0) is 24.8. The normalized spacial score (nSPS) is 10.9. The molecule has 7 heteroatoms. The molecule has 6 nitrogen and oxygen atoms in total. The van der Waals surface area contributed by atoms with E-state index < -0.39 is 11.9 Å². The molecule has 4 aromatic carbocycles. The van der Waals surface area contributed by atoms with Gasteiger partial charge >= 0.3 is 5.97 Å². The number of halogens is 1. The van der Waals surface area contributed by atoms with Gasteiger partial charge in [0.25, 0.3) is 5.91 Å². The second kappa shape index (κ2) is 10.7. The first-order valence-corrected chi connectivity index (χ1v) is 11.3. The Kier molecular flexibility index (Phi) is 7.24. The topological polar surface area (TPSA) is 88.4 Å². The largest absolute Gasteiger partial charge is 0.493 e. The molecule has 0 atom stereocenters. The fourth-order valence-electron chi connectivity index (χ4n) is 3.46. The minimum absolute atomic E-state index is 0.0875. The van der Waals surface area contributed by atoms with Gasteiger partial charge in [0.2, 0.25) is 0 Å². The average Bonchev–Trinajstić information content (AvgIpc) is 2.88. The van der Waals surface area contributed by atoms with E-state index in [2.05, 4.69) is 21.2 Å². The van der Waals surface area contributed by atoms with E-state index in [1.54, 1.807) is 54.6 Å². The Balaban J connectivity index is 1.56. The summed E-state index contributed by atoms with van der Waals surface area (Å²) >= 11 is 3.34. The van der Waals surface area contributed by atoms with E-state index in [4.69, 9.17) is 9.47 Å². The van der Waals surface area contributed by atoms with Crippen LogP contribution in [0.3, 0.4) is 0 Å². The fourth-order valence-corrected chi connectivity index (χ4v) is 3.73. The first-order valence-electron chi connectivity index (χ1n) is 10.5. The molecule has 4 rings (SSSR count). The number of methoxy groups -OCH3 is 1. The second-order valence-corrected chi connectivity index (χ2v) is 8.37. The number of nitriles is 1. The van der Waals surface area contributed by atoms with Crippen molar-refractivity contribution in [1.29, 1.82) is 5.26 Å². The third-order valence-corrected chi connectivity index (χ3v) is 5.71. The van der Waals surface area contributed by atoms with E-state index in [0.29, 0.717) is 16.8 Å². The van der Waals surface area contributed by atoms with Crippen LogP contribution < -0.4 is 14.8 Å². The summed E-state index contributed by atoms with van der Waals surface area (Å²) in [6.07, 6.45) is 1.44. The molecule has 0 aliphatic rings. The second-order valence-electron chi connectivity index (χ2n) is 7.46. The Hall–Kier alpha value is -4.41. The average molecular weight is 527 g/mol. The number of nitrogens with one attached hydrogen (secondary N) is 1. The Labute approximate surface area is 210 Å². The van der Waals surface area contributed by atoms with Crippen molar-refractivity contribution < 1.29 is 19.1 Å². The SMILES string of the molecule is COc1cc(/C=C(\C#N)C(=O)Nc2ccc(Br)cc2)ccc1OC(=O)c1cccc2ccccc12. The Morgan fingerprint density at radius 3 is 2.43 bits per heavy atom. The van der Waals surface area contributed by atoms with Gasteiger partial charge in [0, 0.05) is 10.2 Å². The molecule has 4 aromatic rings. The lowest BCUT2D eigenvalue weighted by Crippen LogP contribution is -2.13. The molecule has 35 heavy (non-hydrogen) atoms. The number of anilines is 1. The zero-order valence-corrected chi connectivity index (χ0v) is 20.2. The van der Waals surface area contributed by atoms with E-state index in [0.717, 1.165) is 15.2 Å². The van der Waals surface area contributed by atoms with Crippen LogP contribution in [0.4, 0.5) is 5.69 Å². The maximum atomic E-state index is 12.9. The molecule has 0 spiro atoms. The summed E-state index contributed by atoms with van der Waals surface area (Å²) in [5, 5.41) is 13.9. The molecule has 0 aromatic heterocycles. The monoisotopic (exact) mass is 526 g/mol. The van der Waals surface area contributed by atoms with Crippen molar-refractivity contribution in [3.05, 3.63) is 106 Å². The lowest BCUT2D eigenvalue weighted by Gasteiger charge is -2.11. The maximum absolute atomic E-state index is 12.9. The molecule has 0 saturated heterocycles. The van der Waals surface area contributed by atoms with Crippen molar-refractivity contribution >= 4 is 50.3 Å². The van der Waals surface area contributed by atoms with Crippen LogP contribution in [0, 0.1) is 11.3 Å². The highest BCUT2D eigenvalue weighted by Gasteiger charge is 2.16. The maximum Gasteiger partial charge on any atom is 0.344 e. The fraction of sp³-hybridized carbons (Fsp3) is 0.0357.